The fraction of sp³-hybridized carbons (Fsp3) is 0.538. The summed E-state index contributed by atoms with van der Waals surface area (Å²) in [6, 6.07) is 0. The molecule has 0 saturated heterocycles. The number of nitrogen functional groups attached to an aromatic ring is 4. The summed E-state index contributed by atoms with van der Waals surface area (Å²) in [5, 5.41) is 0. The Kier molecular flexibility index (Phi) is 2.93. The molecule has 8 N–H and O–H groups in total. The van der Waals surface area contributed by atoms with Crippen LogP contribution in [0.2, 0.25) is 0 Å². The summed E-state index contributed by atoms with van der Waals surface area (Å²) >= 11 is 0. The summed E-state index contributed by atoms with van der Waals surface area (Å²) in [6.07, 6.45) is 2.97. The third-order valence-corrected chi connectivity index (χ3v) is 4.89. The van der Waals surface area contributed by atoms with Crippen LogP contribution in [0.15, 0.2) is 0 Å². The van der Waals surface area contributed by atoms with E-state index in [1.165, 1.54) is 0 Å². The minimum Gasteiger partial charge on any atom is -0.368 e. The molecule has 4 unspecified atom stereocenters. The Morgan fingerprint density at radius 1 is 0.522 bits per heavy atom. The normalized spacial score (nSPS) is 29.0. The lowest BCUT2D eigenvalue weighted by atomic mass is 9.81. The number of rotatable bonds is 2. The van der Waals surface area contributed by atoms with Crippen molar-refractivity contribution in [2.24, 2.45) is 11.8 Å². The van der Waals surface area contributed by atoms with Crippen molar-refractivity contribution < 1.29 is 0 Å². The van der Waals surface area contributed by atoms with Crippen LogP contribution in [0.25, 0.3) is 0 Å². The van der Waals surface area contributed by atoms with Crippen LogP contribution in [0, 0.1) is 11.8 Å². The third kappa shape index (κ3) is 2.35. The summed E-state index contributed by atoms with van der Waals surface area (Å²) < 4.78 is 0. The smallest absolute Gasteiger partial charge is 0.225 e. The van der Waals surface area contributed by atoms with Crippen LogP contribution < -0.4 is 22.9 Å². The van der Waals surface area contributed by atoms with E-state index in [0.717, 1.165) is 19.3 Å². The molecule has 23 heavy (non-hydrogen) atoms. The molecule has 0 aromatic carbocycles. The minimum atomic E-state index is 0.171. The highest BCUT2D eigenvalue weighted by Gasteiger charge is 2.49. The second-order valence-electron chi connectivity index (χ2n) is 6.26. The molecule has 2 heterocycles. The first kappa shape index (κ1) is 13.9. The van der Waals surface area contributed by atoms with Crippen molar-refractivity contribution in [3.8, 4) is 0 Å². The average molecular weight is 314 g/mol. The van der Waals surface area contributed by atoms with Gasteiger partial charge in [-0.2, -0.15) is 29.9 Å². The van der Waals surface area contributed by atoms with E-state index in [1.807, 2.05) is 0 Å². The summed E-state index contributed by atoms with van der Waals surface area (Å²) in [7, 11) is 0. The molecule has 2 aromatic heterocycles. The number of nitrogens with zero attached hydrogens (tertiary/aromatic N) is 6. The lowest BCUT2D eigenvalue weighted by Gasteiger charge is -2.26. The minimum absolute atomic E-state index is 0.171. The van der Waals surface area contributed by atoms with Gasteiger partial charge >= 0.3 is 0 Å². The number of fused-ring (bicyclic) bond motifs is 2. The van der Waals surface area contributed by atoms with E-state index in [-0.39, 0.29) is 35.6 Å². The van der Waals surface area contributed by atoms with Crippen LogP contribution in [-0.4, -0.2) is 29.9 Å². The van der Waals surface area contributed by atoms with Crippen molar-refractivity contribution in [1.82, 2.24) is 29.9 Å². The van der Waals surface area contributed by atoms with E-state index >= 15 is 0 Å². The van der Waals surface area contributed by atoms with Crippen molar-refractivity contribution in [3.63, 3.8) is 0 Å². The summed E-state index contributed by atoms with van der Waals surface area (Å²) in [5.41, 5.74) is 22.7. The number of anilines is 4. The number of hydrogen-bond acceptors (Lipinski definition) is 10. The molecule has 0 spiro atoms. The predicted molar refractivity (Wildman–Crippen MR) is 83.6 cm³/mol. The zero-order chi connectivity index (χ0) is 16.1. The summed E-state index contributed by atoms with van der Waals surface area (Å²) in [6.45, 7) is 0. The summed E-state index contributed by atoms with van der Waals surface area (Å²) in [4.78, 5) is 24.7. The predicted octanol–water partition coefficient (Wildman–Crippen LogP) is -0.317. The second-order valence-corrected chi connectivity index (χ2v) is 6.26. The van der Waals surface area contributed by atoms with Crippen LogP contribution in [0.3, 0.4) is 0 Å². The highest BCUT2D eigenvalue weighted by atomic mass is 15.2. The first-order chi connectivity index (χ1) is 11.0. The Labute approximate surface area is 132 Å². The van der Waals surface area contributed by atoms with Crippen molar-refractivity contribution in [2.45, 2.75) is 31.1 Å². The maximum Gasteiger partial charge on any atom is 0.225 e. The molecule has 4 atom stereocenters. The standard InChI is InChI=1S/C13H18N10/c14-10-18-8(19-11(15)22-10)6-2-4-1-5(6)3-7(4)9-20-12(16)23-13(17)21-9/h4-7H,1-3H2,(H4,14,15,18,19,22)(H4,16,17,20,21,23). The summed E-state index contributed by atoms with van der Waals surface area (Å²) in [5.74, 6) is 3.46. The zero-order valence-electron chi connectivity index (χ0n) is 12.4. The maximum atomic E-state index is 5.68. The maximum absolute atomic E-state index is 5.68. The Hall–Kier alpha value is -2.78. The topological polar surface area (TPSA) is 181 Å². The number of nitrogens with two attached hydrogens (primary N) is 4. The van der Waals surface area contributed by atoms with Crippen molar-refractivity contribution in [1.29, 1.82) is 0 Å². The van der Waals surface area contributed by atoms with E-state index in [9.17, 15) is 0 Å². The van der Waals surface area contributed by atoms with Gasteiger partial charge in [0.2, 0.25) is 23.8 Å². The van der Waals surface area contributed by atoms with Crippen LogP contribution in [0.4, 0.5) is 23.8 Å². The monoisotopic (exact) mass is 314 g/mol. The lowest BCUT2D eigenvalue weighted by molar-refractivity contribution is 0.355. The molecule has 0 amide bonds. The van der Waals surface area contributed by atoms with Gasteiger partial charge in [-0.1, -0.05) is 0 Å². The molecular weight excluding hydrogens is 296 g/mol. The molecule has 2 aromatic rings. The van der Waals surface area contributed by atoms with Crippen LogP contribution in [0.1, 0.15) is 42.7 Å². The van der Waals surface area contributed by atoms with E-state index in [0.29, 0.717) is 23.5 Å². The Balaban J connectivity index is 1.58. The van der Waals surface area contributed by atoms with E-state index in [2.05, 4.69) is 29.9 Å². The largest absolute Gasteiger partial charge is 0.368 e. The number of aromatic nitrogens is 6. The van der Waals surface area contributed by atoms with Gasteiger partial charge in [0.25, 0.3) is 0 Å². The Morgan fingerprint density at radius 3 is 1.17 bits per heavy atom. The van der Waals surface area contributed by atoms with Crippen molar-refractivity contribution in [3.05, 3.63) is 11.6 Å². The molecule has 2 aliphatic rings. The van der Waals surface area contributed by atoms with Crippen LogP contribution >= 0.6 is 0 Å². The molecule has 2 aliphatic carbocycles. The van der Waals surface area contributed by atoms with Gasteiger partial charge in [-0.3, -0.25) is 0 Å². The molecule has 120 valence electrons. The second kappa shape index (κ2) is 4.86. The fourth-order valence-corrected chi connectivity index (χ4v) is 4.09. The molecule has 4 rings (SSSR count). The molecule has 10 heteroatoms. The zero-order valence-corrected chi connectivity index (χ0v) is 12.4. The van der Waals surface area contributed by atoms with Gasteiger partial charge in [-0.25, -0.2) is 0 Å². The van der Waals surface area contributed by atoms with Crippen molar-refractivity contribution in [2.75, 3.05) is 22.9 Å². The van der Waals surface area contributed by atoms with Crippen LogP contribution in [0.5, 0.6) is 0 Å². The lowest BCUT2D eigenvalue weighted by Crippen LogP contribution is -2.21. The van der Waals surface area contributed by atoms with E-state index in [4.69, 9.17) is 22.9 Å². The van der Waals surface area contributed by atoms with E-state index in [1.54, 1.807) is 0 Å². The molecule has 2 saturated carbocycles. The molecular formula is C13H18N10. The third-order valence-electron chi connectivity index (χ3n) is 4.89. The molecule has 0 radical (unpaired) electrons. The number of hydrogen-bond donors (Lipinski definition) is 4. The molecule has 10 nitrogen and oxygen atoms in total. The van der Waals surface area contributed by atoms with Gasteiger partial charge in [0.15, 0.2) is 0 Å². The van der Waals surface area contributed by atoms with Gasteiger partial charge in [-0.05, 0) is 31.1 Å². The fourth-order valence-electron chi connectivity index (χ4n) is 4.09. The first-order valence-corrected chi connectivity index (χ1v) is 7.53. The highest BCUT2D eigenvalue weighted by Crippen LogP contribution is 2.58. The van der Waals surface area contributed by atoms with Gasteiger partial charge in [0.05, 0.1) is 0 Å². The Morgan fingerprint density at radius 2 is 0.870 bits per heavy atom. The highest BCUT2D eigenvalue weighted by molar-refractivity contribution is 5.30. The van der Waals surface area contributed by atoms with E-state index < -0.39 is 0 Å². The van der Waals surface area contributed by atoms with Gasteiger partial charge in [0.1, 0.15) is 11.6 Å². The molecule has 2 fully saturated rings. The van der Waals surface area contributed by atoms with Gasteiger partial charge < -0.3 is 22.9 Å². The first-order valence-electron chi connectivity index (χ1n) is 7.53. The van der Waals surface area contributed by atoms with Gasteiger partial charge in [0, 0.05) is 11.8 Å². The SMILES string of the molecule is Nc1nc(N)nc(C2CC3CC2CC3c2nc(N)nc(N)n2)n1. The quantitative estimate of drug-likeness (QED) is 0.573. The van der Waals surface area contributed by atoms with Crippen molar-refractivity contribution >= 4 is 23.8 Å². The Bertz CT molecular complexity index is 658. The average Bonchev–Trinajstić information content (AvgIpc) is 3.05. The van der Waals surface area contributed by atoms with Crippen LogP contribution in [-0.2, 0) is 0 Å². The molecule has 2 bridgehead atoms. The van der Waals surface area contributed by atoms with Gasteiger partial charge in [-0.15, -0.1) is 0 Å². The molecule has 0 aliphatic heterocycles.